The minimum Gasteiger partial charge on any atom is -0.380 e. The van der Waals surface area contributed by atoms with E-state index in [1.165, 1.54) is 50.4 Å². The number of H-pyrrole nitrogens is 1. The molecule has 0 aliphatic carbocycles. The molecule has 1 atom stereocenters. The number of fused-ring (bicyclic) bond motifs is 1. The van der Waals surface area contributed by atoms with Gasteiger partial charge in [-0.15, -0.1) is 0 Å². The van der Waals surface area contributed by atoms with Crippen LogP contribution in [-0.2, 0) is 31.5 Å². The Balaban J connectivity index is 2.06. The van der Waals surface area contributed by atoms with Crippen molar-refractivity contribution in [1.29, 1.82) is 0 Å². The molecule has 1 aromatic carbocycles. The molecule has 0 amide bonds. The number of alkyl halides is 3. The summed E-state index contributed by atoms with van der Waals surface area (Å²) in [5.74, 6) is 0. The first-order valence-corrected chi connectivity index (χ1v) is 14.4. The van der Waals surface area contributed by atoms with Gasteiger partial charge in [0.15, 0.2) is 30.3 Å². The Bertz CT molecular complexity index is 1500. The number of aromatic amines is 1. The van der Waals surface area contributed by atoms with Crippen LogP contribution in [0, 0.1) is 0 Å². The standard InChI is InChI=1S/C22H24ClF3N2O5S2/c1-20(2,16-9-14(23)5-6-18(16)34(3,30)31)12-21(29,22(24,25)26)10-15-7-13-8-19(35(4,32)33)27-11-17(13)28-15/h5-9,11,28-29H,10,12H2,1-4H3. The van der Waals surface area contributed by atoms with E-state index in [0.29, 0.717) is 10.9 Å². The highest BCUT2D eigenvalue weighted by Gasteiger charge is 2.56. The Kier molecular flexibility index (Phi) is 6.86. The third-order valence-electron chi connectivity index (χ3n) is 5.73. The van der Waals surface area contributed by atoms with E-state index in [0.717, 1.165) is 12.5 Å². The summed E-state index contributed by atoms with van der Waals surface area (Å²) in [7, 11) is -7.43. The van der Waals surface area contributed by atoms with Gasteiger partial charge in [0.05, 0.1) is 16.6 Å². The predicted molar refractivity (Wildman–Crippen MR) is 126 cm³/mol. The Labute approximate surface area is 206 Å². The maximum absolute atomic E-state index is 14.2. The topological polar surface area (TPSA) is 117 Å². The van der Waals surface area contributed by atoms with E-state index in [1.54, 1.807) is 0 Å². The van der Waals surface area contributed by atoms with Crippen LogP contribution in [0.5, 0.6) is 0 Å². The minimum absolute atomic E-state index is 0.00231. The number of aliphatic hydroxyl groups is 1. The second kappa shape index (κ2) is 8.75. The first-order chi connectivity index (χ1) is 15.7. The zero-order chi connectivity index (χ0) is 26.6. The first-order valence-electron chi connectivity index (χ1n) is 10.2. The Hall–Kier alpha value is -2.15. The van der Waals surface area contributed by atoms with Crippen LogP contribution in [0.3, 0.4) is 0 Å². The fraction of sp³-hybridized carbons (Fsp3) is 0.409. The minimum atomic E-state index is -5.08. The van der Waals surface area contributed by atoms with Crippen molar-refractivity contribution in [3.63, 3.8) is 0 Å². The molecule has 0 spiro atoms. The van der Waals surface area contributed by atoms with Gasteiger partial charge in [0.1, 0.15) is 0 Å². The van der Waals surface area contributed by atoms with Crippen molar-refractivity contribution in [1.82, 2.24) is 9.97 Å². The number of hydrogen-bond donors (Lipinski definition) is 2. The molecule has 1 unspecified atom stereocenters. The summed E-state index contributed by atoms with van der Waals surface area (Å²) in [6, 6.07) is 6.39. The summed E-state index contributed by atoms with van der Waals surface area (Å²) in [5.41, 5.74) is -4.39. The van der Waals surface area contributed by atoms with Crippen molar-refractivity contribution in [2.24, 2.45) is 0 Å². The molecule has 0 radical (unpaired) electrons. The molecule has 7 nitrogen and oxygen atoms in total. The smallest absolute Gasteiger partial charge is 0.380 e. The lowest BCUT2D eigenvalue weighted by molar-refractivity contribution is -0.266. The van der Waals surface area contributed by atoms with Gasteiger partial charge in [0, 0.05) is 35.0 Å². The number of aromatic nitrogens is 2. The third-order valence-corrected chi connectivity index (χ3v) is 8.10. The molecule has 3 aromatic rings. The zero-order valence-corrected chi connectivity index (χ0v) is 21.6. The van der Waals surface area contributed by atoms with E-state index in [4.69, 9.17) is 11.6 Å². The predicted octanol–water partition coefficient (Wildman–Crippen LogP) is 4.23. The average molecular weight is 553 g/mol. The van der Waals surface area contributed by atoms with Crippen molar-refractivity contribution in [3.8, 4) is 0 Å². The fourth-order valence-electron chi connectivity index (χ4n) is 4.13. The number of pyridine rings is 1. The van der Waals surface area contributed by atoms with Gasteiger partial charge in [-0.25, -0.2) is 21.8 Å². The molecule has 0 aliphatic rings. The van der Waals surface area contributed by atoms with Crippen LogP contribution in [-0.4, -0.2) is 56.2 Å². The van der Waals surface area contributed by atoms with Crippen molar-refractivity contribution in [2.75, 3.05) is 12.5 Å². The van der Waals surface area contributed by atoms with E-state index < -0.39 is 49.7 Å². The maximum atomic E-state index is 14.2. The van der Waals surface area contributed by atoms with Gasteiger partial charge in [0.25, 0.3) is 0 Å². The van der Waals surface area contributed by atoms with Crippen molar-refractivity contribution in [3.05, 3.63) is 52.8 Å². The summed E-state index contributed by atoms with van der Waals surface area (Å²) in [5, 5.41) is 11.1. The number of benzene rings is 1. The molecule has 13 heteroatoms. The molecule has 2 aromatic heterocycles. The lowest BCUT2D eigenvalue weighted by atomic mass is 9.73. The average Bonchev–Trinajstić information content (AvgIpc) is 3.06. The van der Waals surface area contributed by atoms with Crippen LogP contribution in [0.2, 0.25) is 5.02 Å². The molecule has 2 heterocycles. The monoisotopic (exact) mass is 552 g/mol. The van der Waals surface area contributed by atoms with Gasteiger partial charge < -0.3 is 10.1 Å². The molecular weight excluding hydrogens is 529 g/mol. The number of halogens is 4. The van der Waals surface area contributed by atoms with Crippen LogP contribution >= 0.6 is 11.6 Å². The van der Waals surface area contributed by atoms with Gasteiger partial charge in [0.2, 0.25) is 0 Å². The van der Waals surface area contributed by atoms with Crippen molar-refractivity contribution < 1.29 is 35.1 Å². The highest BCUT2D eigenvalue weighted by molar-refractivity contribution is 7.91. The largest absolute Gasteiger partial charge is 0.417 e. The SMILES string of the molecule is CC(C)(CC(O)(Cc1cc2cc(S(C)(=O)=O)ncc2[nH]1)C(F)(F)F)c1cc(Cl)ccc1S(C)(=O)=O. The van der Waals surface area contributed by atoms with E-state index in [2.05, 4.69) is 9.97 Å². The Morgan fingerprint density at radius 3 is 2.20 bits per heavy atom. The Morgan fingerprint density at radius 2 is 1.66 bits per heavy atom. The zero-order valence-electron chi connectivity index (χ0n) is 19.2. The summed E-state index contributed by atoms with van der Waals surface area (Å²) < 4.78 is 90.7. The first kappa shape index (κ1) is 27.4. The van der Waals surface area contributed by atoms with E-state index in [9.17, 15) is 35.1 Å². The molecule has 0 aliphatic heterocycles. The summed E-state index contributed by atoms with van der Waals surface area (Å²) in [4.78, 5) is 6.36. The van der Waals surface area contributed by atoms with Crippen LogP contribution in [0.15, 0.2) is 46.5 Å². The summed E-state index contributed by atoms with van der Waals surface area (Å²) >= 11 is 6.02. The molecule has 35 heavy (non-hydrogen) atoms. The fourth-order valence-corrected chi connectivity index (χ4v) is 5.94. The number of rotatable bonds is 7. The molecule has 0 bridgehead atoms. The van der Waals surface area contributed by atoms with E-state index >= 15 is 0 Å². The highest BCUT2D eigenvalue weighted by Crippen LogP contribution is 2.45. The Morgan fingerprint density at radius 1 is 1.03 bits per heavy atom. The molecule has 0 fully saturated rings. The van der Waals surface area contributed by atoms with E-state index in [1.807, 2.05) is 0 Å². The normalized spacial score (nSPS) is 15.3. The van der Waals surface area contributed by atoms with Gasteiger partial charge in [-0.3, -0.25) is 0 Å². The number of nitrogens with one attached hydrogen (secondary N) is 1. The van der Waals surface area contributed by atoms with Crippen LogP contribution < -0.4 is 0 Å². The molecule has 2 N–H and O–H groups in total. The second-order valence-electron chi connectivity index (χ2n) is 9.36. The van der Waals surface area contributed by atoms with Crippen LogP contribution in [0.1, 0.15) is 31.5 Å². The lowest BCUT2D eigenvalue weighted by Gasteiger charge is -2.38. The van der Waals surface area contributed by atoms with Gasteiger partial charge in [-0.05, 0) is 47.7 Å². The maximum Gasteiger partial charge on any atom is 0.417 e. The summed E-state index contributed by atoms with van der Waals surface area (Å²) in [6.07, 6.45) is -3.77. The molecule has 192 valence electrons. The quantitative estimate of drug-likeness (QED) is 0.453. The van der Waals surface area contributed by atoms with Crippen LogP contribution in [0.25, 0.3) is 10.9 Å². The molecular formula is C22H24ClF3N2O5S2. The number of nitrogens with zero attached hydrogens (tertiary/aromatic N) is 1. The molecule has 0 saturated heterocycles. The summed E-state index contributed by atoms with van der Waals surface area (Å²) in [6.45, 7) is 2.80. The van der Waals surface area contributed by atoms with Gasteiger partial charge >= 0.3 is 6.18 Å². The van der Waals surface area contributed by atoms with Gasteiger partial charge in [-0.1, -0.05) is 25.4 Å². The molecule has 3 rings (SSSR count). The lowest BCUT2D eigenvalue weighted by Crippen LogP contribution is -2.51. The van der Waals surface area contributed by atoms with Gasteiger partial charge in [-0.2, -0.15) is 13.2 Å². The second-order valence-corrected chi connectivity index (χ2v) is 13.7. The number of hydrogen-bond acceptors (Lipinski definition) is 6. The highest BCUT2D eigenvalue weighted by atomic mass is 35.5. The van der Waals surface area contributed by atoms with Crippen LogP contribution in [0.4, 0.5) is 13.2 Å². The van der Waals surface area contributed by atoms with E-state index in [-0.39, 0.29) is 26.2 Å². The molecule has 0 saturated carbocycles. The van der Waals surface area contributed by atoms with Crippen molar-refractivity contribution in [2.45, 2.75) is 53.8 Å². The van der Waals surface area contributed by atoms with Crippen molar-refractivity contribution >= 4 is 42.2 Å². The number of sulfone groups is 2. The third kappa shape index (κ3) is 5.82.